The van der Waals surface area contributed by atoms with Crippen molar-refractivity contribution in [3.8, 4) is 5.75 Å². The van der Waals surface area contributed by atoms with Crippen molar-refractivity contribution in [1.82, 2.24) is 0 Å². The van der Waals surface area contributed by atoms with Crippen LogP contribution in [0.25, 0.3) is 0 Å². The summed E-state index contributed by atoms with van der Waals surface area (Å²) in [5.74, 6) is 0.0518. The maximum Gasteiger partial charge on any atom is 0.206 e. The van der Waals surface area contributed by atoms with Gasteiger partial charge in [0.25, 0.3) is 0 Å². The first-order valence-electron chi connectivity index (χ1n) is 8.48. The fourth-order valence-corrected chi connectivity index (χ4v) is 3.72. The van der Waals surface area contributed by atoms with Crippen LogP contribution in [0.5, 0.6) is 5.75 Å². The van der Waals surface area contributed by atoms with Crippen LogP contribution in [0.3, 0.4) is 0 Å². The van der Waals surface area contributed by atoms with E-state index >= 15 is 0 Å². The molecule has 2 rings (SSSR count). The second-order valence-electron chi connectivity index (χ2n) is 5.79. The van der Waals surface area contributed by atoms with Crippen molar-refractivity contribution >= 4 is 9.84 Å². The lowest BCUT2D eigenvalue weighted by Crippen LogP contribution is -2.19. The molecule has 0 unspecified atom stereocenters. The van der Waals surface area contributed by atoms with E-state index in [0.717, 1.165) is 18.4 Å². The summed E-state index contributed by atoms with van der Waals surface area (Å²) in [7, 11) is -3.54. The average molecular weight is 349 g/mol. The third kappa shape index (κ3) is 4.18. The number of rotatable bonds is 5. The largest absolute Gasteiger partial charge is 0.508 e. The van der Waals surface area contributed by atoms with Gasteiger partial charge in [0.2, 0.25) is 9.84 Å². The summed E-state index contributed by atoms with van der Waals surface area (Å²) in [6.07, 6.45) is 2.01. The number of phenolic OH excluding ortho intramolecular Hbond substituents is 1. The minimum Gasteiger partial charge on any atom is -0.508 e. The third-order valence-electron chi connectivity index (χ3n) is 4.57. The zero-order chi connectivity index (χ0) is 18.4. The van der Waals surface area contributed by atoms with Gasteiger partial charge in [0.1, 0.15) is 5.75 Å². The number of hydrogen-bond donors (Lipinski definition) is 1. The molecule has 2 aromatic rings. The monoisotopic (exact) mass is 348 g/mol. The van der Waals surface area contributed by atoms with E-state index in [1.54, 1.807) is 12.1 Å². The molecule has 3 nitrogen and oxygen atoms in total. The van der Waals surface area contributed by atoms with E-state index in [2.05, 4.69) is 20.8 Å². The zero-order valence-corrected chi connectivity index (χ0v) is 16.0. The highest BCUT2D eigenvalue weighted by atomic mass is 32.2. The maximum absolute atomic E-state index is 12.6. The van der Waals surface area contributed by atoms with Gasteiger partial charge < -0.3 is 5.11 Å². The molecule has 0 aliphatic heterocycles. The molecule has 0 heterocycles. The fourth-order valence-electron chi connectivity index (χ4n) is 2.46. The smallest absolute Gasteiger partial charge is 0.206 e. The third-order valence-corrected chi connectivity index (χ3v) is 6.35. The molecule has 2 aromatic carbocycles. The topological polar surface area (TPSA) is 54.4 Å². The first-order valence-corrected chi connectivity index (χ1v) is 9.96. The van der Waals surface area contributed by atoms with Crippen molar-refractivity contribution in [2.24, 2.45) is 0 Å². The number of benzene rings is 2. The Kier molecular flexibility index (Phi) is 7.03. The molecular formula is C20H28O3S. The van der Waals surface area contributed by atoms with Crippen LogP contribution in [-0.2, 0) is 15.3 Å². The Labute approximate surface area is 146 Å². The Balaban J connectivity index is 0.00000139. The highest BCUT2D eigenvalue weighted by molar-refractivity contribution is 7.91. The molecule has 0 radical (unpaired) electrons. The first kappa shape index (κ1) is 20.2. The van der Waals surface area contributed by atoms with E-state index in [4.69, 9.17) is 0 Å². The van der Waals surface area contributed by atoms with Crippen molar-refractivity contribution < 1.29 is 13.5 Å². The van der Waals surface area contributed by atoms with Crippen LogP contribution in [0.4, 0.5) is 0 Å². The molecule has 0 saturated heterocycles. The van der Waals surface area contributed by atoms with E-state index in [0.29, 0.717) is 0 Å². The van der Waals surface area contributed by atoms with E-state index in [1.165, 1.54) is 24.3 Å². The van der Waals surface area contributed by atoms with Crippen molar-refractivity contribution in [3.63, 3.8) is 0 Å². The average Bonchev–Trinajstić information content (AvgIpc) is 2.63. The lowest BCUT2D eigenvalue weighted by Gasteiger charge is -2.27. The molecule has 0 amide bonds. The number of aromatic hydroxyl groups is 1. The Bertz CT molecular complexity index is 725. The van der Waals surface area contributed by atoms with Gasteiger partial charge in [-0.3, -0.25) is 0 Å². The molecule has 0 aliphatic carbocycles. The highest BCUT2D eigenvalue weighted by Crippen LogP contribution is 2.32. The van der Waals surface area contributed by atoms with Crippen molar-refractivity contribution in [2.75, 3.05) is 0 Å². The highest BCUT2D eigenvalue weighted by Gasteiger charge is 2.23. The molecule has 0 bridgehead atoms. The second-order valence-corrected chi connectivity index (χ2v) is 7.74. The predicted octanol–water partition coefficient (Wildman–Crippen LogP) is 5.33. The van der Waals surface area contributed by atoms with Crippen LogP contribution in [0, 0.1) is 0 Å². The predicted molar refractivity (Wildman–Crippen MR) is 99.3 cm³/mol. The molecule has 0 saturated carbocycles. The van der Waals surface area contributed by atoms with E-state index in [1.807, 2.05) is 26.0 Å². The quantitative estimate of drug-likeness (QED) is 0.794. The van der Waals surface area contributed by atoms with Gasteiger partial charge in [0.05, 0.1) is 9.79 Å². The molecule has 0 aromatic heterocycles. The van der Waals surface area contributed by atoms with Gasteiger partial charge in [-0.2, -0.15) is 0 Å². The van der Waals surface area contributed by atoms with Gasteiger partial charge in [0, 0.05) is 0 Å². The zero-order valence-electron chi connectivity index (χ0n) is 15.2. The Morgan fingerprint density at radius 1 is 0.833 bits per heavy atom. The summed E-state index contributed by atoms with van der Waals surface area (Å²) >= 11 is 0. The minimum atomic E-state index is -3.54. The normalized spacial score (nSPS) is 11.5. The van der Waals surface area contributed by atoms with E-state index in [9.17, 15) is 13.5 Å². The summed E-state index contributed by atoms with van der Waals surface area (Å²) in [5.41, 5.74) is 1.23. The molecule has 0 fully saturated rings. The summed E-state index contributed by atoms with van der Waals surface area (Å²) in [4.78, 5) is 0.461. The van der Waals surface area contributed by atoms with Crippen LogP contribution in [0.2, 0.25) is 0 Å². The van der Waals surface area contributed by atoms with Crippen LogP contribution in [-0.4, -0.2) is 13.5 Å². The number of sulfone groups is 1. The standard InChI is InChI=1S/C18H22O3S.C2H6/c1-4-18(3,5-2)14-6-10-16(11-7-14)22(20,21)17-12-8-15(19)9-13-17;1-2/h6-13,19H,4-5H2,1-3H3;1-2H3. The molecule has 1 N–H and O–H groups in total. The lowest BCUT2D eigenvalue weighted by molar-refractivity contribution is 0.438. The summed E-state index contributed by atoms with van der Waals surface area (Å²) < 4.78 is 25.1. The van der Waals surface area contributed by atoms with Gasteiger partial charge >= 0.3 is 0 Å². The Morgan fingerprint density at radius 2 is 1.21 bits per heavy atom. The first-order chi connectivity index (χ1) is 11.3. The SMILES string of the molecule is CC.CCC(C)(CC)c1ccc(S(=O)(=O)c2ccc(O)cc2)cc1. The molecule has 132 valence electrons. The van der Waals surface area contributed by atoms with Crippen molar-refractivity contribution in [1.29, 1.82) is 0 Å². The van der Waals surface area contributed by atoms with Crippen LogP contribution >= 0.6 is 0 Å². The van der Waals surface area contributed by atoms with Crippen LogP contribution < -0.4 is 0 Å². The van der Waals surface area contributed by atoms with Crippen molar-refractivity contribution in [2.45, 2.75) is 62.7 Å². The van der Waals surface area contributed by atoms with E-state index in [-0.39, 0.29) is 21.0 Å². The lowest BCUT2D eigenvalue weighted by atomic mass is 9.78. The molecule has 0 spiro atoms. The molecule has 0 atom stereocenters. The second kappa shape index (κ2) is 8.34. The molecule has 0 aliphatic rings. The van der Waals surface area contributed by atoms with E-state index < -0.39 is 9.84 Å². The van der Waals surface area contributed by atoms with Gasteiger partial charge in [-0.05, 0) is 60.2 Å². The summed E-state index contributed by atoms with van der Waals surface area (Å²) in [6.45, 7) is 10.5. The van der Waals surface area contributed by atoms with Gasteiger partial charge in [-0.15, -0.1) is 0 Å². The molecular weight excluding hydrogens is 320 g/mol. The fraction of sp³-hybridized carbons (Fsp3) is 0.400. The van der Waals surface area contributed by atoms with Gasteiger partial charge in [0.15, 0.2) is 0 Å². The van der Waals surface area contributed by atoms with Gasteiger partial charge in [-0.25, -0.2) is 8.42 Å². The Hall–Kier alpha value is -1.81. The molecule has 4 heteroatoms. The summed E-state index contributed by atoms with van der Waals surface area (Å²) in [5, 5.41) is 9.28. The maximum atomic E-state index is 12.6. The Morgan fingerprint density at radius 3 is 1.58 bits per heavy atom. The van der Waals surface area contributed by atoms with Crippen LogP contribution in [0.15, 0.2) is 58.3 Å². The number of hydrogen-bond acceptors (Lipinski definition) is 3. The number of phenols is 1. The minimum absolute atomic E-state index is 0.0518. The van der Waals surface area contributed by atoms with Crippen LogP contribution in [0.1, 0.15) is 53.0 Å². The van der Waals surface area contributed by atoms with Crippen molar-refractivity contribution in [3.05, 3.63) is 54.1 Å². The van der Waals surface area contributed by atoms with Gasteiger partial charge in [-0.1, -0.05) is 46.8 Å². The molecule has 24 heavy (non-hydrogen) atoms. The summed E-state index contributed by atoms with van der Waals surface area (Å²) in [6, 6.07) is 12.7.